The first-order valence-electron chi connectivity index (χ1n) is 6.83. The molecule has 1 atom stereocenters. The predicted molar refractivity (Wildman–Crippen MR) is 76.9 cm³/mol. The minimum absolute atomic E-state index is 0.0239. The number of phenols is 1. The SMILES string of the molecule is CCCCCN(C)C(=O)C(N)Cc1ccc(O)cc1. The fraction of sp³-hybridized carbons (Fsp3) is 0.533. The number of hydrogen-bond acceptors (Lipinski definition) is 3. The summed E-state index contributed by atoms with van der Waals surface area (Å²) in [4.78, 5) is 13.8. The molecule has 1 aromatic rings. The number of nitrogens with two attached hydrogens (primary N) is 1. The average molecular weight is 264 g/mol. The van der Waals surface area contributed by atoms with Gasteiger partial charge in [-0.05, 0) is 30.5 Å². The Bertz CT molecular complexity index is 390. The number of carbonyl (C=O) groups excluding carboxylic acids is 1. The predicted octanol–water partition coefficient (Wildman–Crippen LogP) is 1.91. The number of nitrogens with zero attached hydrogens (tertiary/aromatic N) is 1. The molecule has 3 N–H and O–H groups in total. The summed E-state index contributed by atoms with van der Waals surface area (Å²) in [6, 6.07) is 6.28. The van der Waals surface area contributed by atoms with Crippen LogP contribution in [0.5, 0.6) is 5.75 Å². The number of carbonyl (C=O) groups is 1. The highest BCUT2D eigenvalue weighted by Crippen LogP contribution is 2.11. The zero-order chi connectivity index (χ0) is 14.3. The molecule has 0 aliphatic heterocycles. The van der Waals surface area contributed by atoms with Crippen molar-refractivity contribution >= 4 is 5.91 Å². The third kappa shape index (κ3) is 5.30. The van der Waals surface area contributed by atoms with Gasteiger partial charge in [0.15, 0.2) is 0 Å². The van der Waals surface area contributed by atoms with Gasteiger partial charge < -0.3 is 15.7 Å². The first kappa shape index (κ1) is 15.5. The summed E-state index contributed by atoms with van der Waals surface area (Å²) in [5.41, 5.74) is 6.90. The first-order chi connectivity index (χ1) is 9.04. The van der Waals surface area contributed by atoms with Gasteiger partial charge in [0.1, 0.15) is 5.75 Å². The van der Waals surface area contributed by atoms with Gasteiger partial charge in [-0.25, -0.2) is 0 Å². The van der Waals surface area contributed by atoms with Crippen LogP contribution in [0.4, 0.5) is 0 Å². The third-order valence-corrected chi connectivity index (χ3v) is 3.18. The smallest absolute Gasteiger partial charge is 0.239 e. The molecule has 0 aromatic heterocycles. The zero-order valence-corrected chi connectivity index (χ0v) is 11.8. The van der Waals surface area contributed by atoms with Crippen LogP contribution in [-0.2, 0) is 11.2 Å². The Balaban J connectivity index is 2.45. The maximum atomic E-state index is 12.1. The summed E-state index contributed by atoms with van der Waals surface area (Å²) < 4.78 is 0. The number of phenolic OH excluding ortho intramolecular Hbond substituents is 1. The lowest BCUT2D eigenvalue weighted by atomic mass is 10.1. The molecule has 4 heteroatoms. The number of rotatable bonds is 7. The molecule has 1 rings (SSSR count). The molecule has 19 heavy (non-hydrogen) atoms. The molecule has 1 amide bonds. The molecule has 0 fully saturated rings. The van der Waals surface area contributed by atoms with Crippen molar-refractivity contribution in [3.63, 3.8) is 0 Å². The van der Waals surface area contributed by atoms with Crippen LogP contribution in [0.15, 0.2) is 24.3 Å². The highest BCUT2D eigenvalue weighted by molar-refractivity contribution is 5.81. The lowest BCUT2D eigenvalue weighted by Crippen LogP contribution is -2.43. The number of amides is 1. The third-order valence-electron chi connectivity index (χ3n) is 3.18. The molecule has 0 saturated carbocycles. The van der Waals surface area contributed by atoms with Crippen molar-refractivity contribution in [2.75, 3.05) is 13.6 Å². The van der Waals surface area contributed by atoms with E-state index in [0.29, 0.717) is 6.42 Å². The lowest BCUT2D eigenvalue weighted by Gasteiger charge is -2.21. The summed E-state index contributed by atoms with van der Waals surface area (Å²) in [6.07, 6.45) is 3.79. The molecule has 0 spiro atoms. The number of hydrogen-bond donors (Lipinski definition) is 2. The fourth-order valence-corrected chi connectivity index (χ4v) is 1.97. The second-order valence-electron chi connectivity index (χ2n) is 4.94. The van der Waals surface area contributed by atoms with Crippen molar-refractivity contribution in [3.8, 4) is 5.75 Å². The summed E-state index contributed by atoms with van der Waals surface area (Å²) in [6.45, 7) is 2.90. The Labute approximate surface area is 115 Å². The van der Waals surface area contributed by atoms with Crippen LogP contribution in [0.2, 0.25) is 0 Å². The summed E-state index contributed by atoms with van der Waals surface area (Å²) >= 11 is 0. The van der Waals surface area contributed by atoms with Crippen molar-refractivity contribution in [1.29, 1.82) is 0 Å². The Morgan fingerprint density at radius 3 is 2.53 bits per heavy atom. The fourth-order valence-electron chi connectivity index (χ4n) is 1.97. The molecular weight excluding hydrogens is 240 g/mol. The Kier molecular flexibility index (Phi) is 6.36. The van der Waals surface area contributed by atoms with Gasteiger partial charge in [-0.2, -0.15) is 0 Å². The Hall–Kier alpha value is -1.55. The monoisotopic (exact) mass is 264 g/mol. The average Bonchev–Trinajstić information content (AvgIpc) is 2.40. The van der Waals surface area contributed by atoms with Crippen LogP contribution in [0.3, 0.4) is 0 Å². The largest absolute Gasteiger partial charge is 0.508 e. The number of unbranched alkanes of at least 4 members (excludes halogenated alkanes) is 2. The van der Waals surface area contributed by atoms with Gasteiger partial charge in [0, 0.05) is 13.6 Å². The summed E-state index contributed by atoms with van der Waals surface area (Å²) in [7, 11) is 1.80. The highest BCUT2D eigenvalue weighted by atomic mass is 16.3. The van der Waals surface area contributed by atoms with Gasteiger partial charge in [-0.15, -0.1) is 0 Å². The minimum atomic E-state index is -0.517. The molecule has 4 nitrogen and oxygen atoms in total. The van der Waals surface area contributed by atoms with Crippen LogP contribution >= 0.6 is 0 Å². The zero-order valence-electron chi connectivity index (χ0n) is 11.8. The van der Waals surface area contributed by atoms with Gasteiger partial charge >= 0.3 is 0 Å². The molecule has 0 heterocycles. The molecule has 0 aliphatic rings. The van der Waals surface area contributed by atoms with Gasteiger partial charge in [-0.1, -0.05) is 31.9 Å². The molecule has 1 aromatic carbocycles. The lowest BCUT2D eigenvalue weighted by molar-refractivity contribution is -0.131. The van der Waals surface area contributed by atoms with E-state index in [1.54, 1.807) is 36.2 Å². The summed E-state index contributed by atoms with van der Waals surface area (Å²) in [5, 5.41) is 9.20. The number of likely N-dealkylation sites (N-methyl/N-ethyl adjacent to an activating group) is 1. The van der Waals surface area contributed by atoms with Gasteiger partial charge in [-0.3, -0.25) is 4.79 Å². The standard InChI is InChI=1S/C15H24N2O2/c1-3-4-5-10-17(2)15(19)14(16)11-12-6-8-13(18)9-7-12/h6-9,14,18H,3-5,10-11,16H2,1-2H3. The first-order valence-corrected chi connectivity index (χ1v) is 6.83. The van der Waals surface area contributed by atoms with E-state index in [0.717, 1.165) is 31.4 Å². The van der Waals surface area contributed by atoms with E-state index < -0.39 is 6.04 Å². The van der Waals surface area contributed by atoms with Crippen molar-refractivity contribution in [3.05, 3.63) is 29.8 Å². The highest BCUT2D eigenvalue weighted by Gasteiger charge is 2.17. The van der Waals surface area contributed by atoms with Crippen LogP contribution < -0.4 is 5.73 Å². The second kappa shape index (κ2) is 7.79. The molecule has 1 unspecified atom stereocenters. The maximum Gasteiger partial charge on any atom is 0.239 e. The van der Waals surface area contributed by atoms with E-state index in [2.05, 4.69) is 6.92 Å². The second-order valence-corrected chi connectivity index (χ2v) is 4.94. The van der Waals surface area contributed by atoms with Crippen LogP contribution in [0.25, 0.3) is 0 Å². The molecule has 0 radical (unpaired) electrons. The summed E-state index contributed by atoms with van der Waals surface area (Å²) in [5.74, 6) is 0.199. The van der Waals surface area contributed by atoms with Gasteiger partial charge in [0.05, 0.1) is 6.04 Å². The van der Waals surface area contributed by atoms with Crippen LogP contribution in [-0.4, -0.2) is 35.5 Å². The van der Waals surface area contributed by atoms with Crippen molar-refractivity contribution < 1.29 is 9.90 Å². The maximum absolute atomic E-state index is 12.1. The molecule has 0 bridgehead atoms. The van der Waals surface area contributed by atoms with Crippen molar-refractivity contribution in [2.24, 2.45) is 5.73 Å². The minimum Gasteiger partial charge on any atom is -0.508 e. The number of benzene rings is 1. The Morgan fingerprint density at radius 1 is 1.32 bits per heavy atom. The van der Waals surface area contributed by atoms with E-state index in [-0.39, 0.29) is 11.7 Å². The topological polar surface area (TPSA) is 66.6 Å². The molecule has 106 valence electrons. The number of aromatic hydroxyl groups is 1. The normalized spacial score (nSPS) is 12.2. The quantitative estimate of drug-likeness (QED) is 0.739. The van der Waals surface area contributed by atoms with E-state index in [1.807, 2.05) is 0 Å². The van der Waals surface area contributed by atoms with E-state index in [1.165, 1.54) is 0 Å². The van der Waals surface area contributed by atoms with Crippen molar-refractivity contribution in [2.45, 2.75) is 38.6 Å². The van der Waals surface area contributed by atoms with E-state index >= 15 is 0 Å². The van der Waals surface area contributed by atoms with Crippen molar-refractivity contribution in [1.82, 2.24) is 4.90 Å². The van der Waals surface area contributed by atoms with E-state index in [9.17, 15) is 9.90 Å². The van der Waals surface area contributed by atoms with Crippen LogP contribution in [0, 0.1) is 0 Å². The van der Waals surface area contributed by atoms with Crippen LogP contribution in [0.1, 0.15) is 31.7 Å². The van der Waals surface area contributed by atoms with E-state index in [4.69, 9.17) is 5.73 Å². The Morgan fingerprint density at radius 2 is 1.95 bits per heavy atom. The molecule has 0 aliphatic carbocycles. The van der Waals surface area contributed by atoms with Gasteiger partial charge in [0.2, 0.25) is 5.91 Å². The van der Waals surface area contributed by atoms with Gasteiger partial charge in [0.25, 0.3) is 0 Å². The molecular formula is C15H24N2O2. The molecule has 0 saturated heterocycles.